The molecule has 0 fully saturated rings. The van der Waals surface area contributed by atoms with Gasteiger partial charge in [0.25, 0.3) is 5.56 Å². The highest BCUT2D eigenvalue weighted by molar-refractivity contribution is 7.07. The third kappa shape index (κ3) is 2.75. The zero-order chi connectivity index (χ0) is 12.4. The number of aromatic nitrogens is 1. The molecular weight excluding hydrogens is 260 g/mol. The lowest BCUT2D eigenvalue weighted by molar-refractivity contribution is 0.255. The molecule has 0 saturated carbocycles. The normalized spacial score (nSPS) is 10.2. The number of hydrogen-bond donors (Lipinski definition) is 1. The Labute approximate surface area is 107 Å². The first kappa shape index (κ1) is 11.9. The van der Waals surface area contributed by atoms with Gasteiger partial charge in [0.2, 0.25) is 0 Å². The summed E-state index contributed by atoms with van der Waals surface area (Å²) in [5.41, 5.74) is 0.229. The van der Waals surface area contributed by atoms with Crippen LogP contribution in [-0.4, -0.2) is 9.99 Å². The predicted octanol–water partition coefficient (Wildman–Crippen LogP) is 2.95. The van der Waals surface area contributed by atoms with Crippen molar-refractivity contribution in [2.24, 2.45) is 0 Å². The molecular formula is C11H9ClN2O2S. The number of carbonyl (C=O) groups is 1. The van der Waals surface area contributed by atoms with Crippen LogP contribution in [0.3, 0.4) is 0 Å². The molecule has 2 rings (SSSR count). The second kappa shape index (κ2) is 4.73. The van der Waals surface area contributed by atoms with Gasteiger partial charge in [-0.2, -0.15) is 3.96 Å². The number of hydrogen-bond acceptors (Lipinski definition) is 3. The molecule has 1 amide bonds. The van der Waals surface area contributed by atoms with Crippen molar-refractivity contribution in [2.45, 2.75) is 6.92 Å². The Balaban J connectivity index is 2.23. The summed E-state index contributed by atoms with van der Waals surface area (Å²) in [6.45, 7) is 1.77. The summed E-state index contributed by atoms with van der Waals surface area (Å²) in [7, 11) is 0. The first-order valence-corrected chi connectivity index (χ1v) is 5.98. The lowest BCUT2D eigenvalue weighted by Gasteiger charge is -2.04. The Morgan fingerprint density at radius 3 is 2.76 bits per heavy atom. The van der Waals surface area contributed by atoms with E-state index in [4.69, 9.17) is 11.6 Å². The van der Waals surface area contributed by atoms with E-state index in [-0.39, 0.29) is 5.56 Å². The molecule has 0 aliphatic rings. The first-order chi connectivity index (χ1) is 8.06. The molecule has 0 bridgehead atoms. The van der Waals surface area contributed by atoms with Crippen LogP contribution in [0.2, 0.25) is 5.02 Å². The van der Waals surface area contributed by atoms with Gasteiger partial charge in [0, 0.05) is 21.7 Å². The van der Waals surface area contributed by atoms with Gasteiger partial charge in [-0.25, -0.2) is 4.79 Å². The van der Waals surface area contributed by atoms with Crippen molar-refractivity contribution in [2.75, 3.05) is 5.32 Å². The smallest absolute Gasteiger partial charge is 0.306 e. The number of halogens is 1. The van der Waals surface area contributed by atoms with E-state index in [1.165, 1.54) is 6.07 Å². The topological polar surface area (TPSA) is 51.1 Å². The molecule has 0 spiro atoms. The fourth-order valence-electron chi connectivity index (χ4n) is 1.33. The standard InChI is InChI=1S/C11H9ClN2O2S/c1-7-5-10(15)14(17-7)11(16)13-9-4-2-3-8(12)6-9/h2-6H,1H3,(H,13,16). The first-order valence-electron chi connectivity index (χ1n) is 4.83. The molecule has 17 heavy (non-hydrogen) atoms. The van der Waals surface area contributed by atoms with Crippen molar-refractivity contribution in [3.05, 3.63) is 50.6 Å². The van der Waals surface area contributed by atoms with Crippen LogP contribution in [0.1, 0.15) is 4.88 Å². The van der Waals surface area contributed by atoms with Crippen LogP contribution in [0.15, 0.2) is 35.1 Å². The van der Waals surface area contributed by atoms with Gasteiger partial charge in [0.05, 0.1) is 0 Å². The Morgan fingerprint density at radius 1 is 1.41 bits per heavy atom. The summed E-state index contributed by atoms with van der Waals surface area (Å²) >= 11 is 6.90. The summed E-state index contributed by atoms with van der Waals surface area (Å²) in [4.78, 5) is 24.0. The van der Waals surface area contributed by atoms with Crippen LogP contribution < -0.4 is 10.9 Å². The maximum absolute atomic E-state index is 11.8. The molecule has 1 aromatic heterocycles. The number of nitrogens with one attached hydrogen (secondary N) is 1. The zero-order valence-corrected chi connectivity index (χ0v) is 10.5. The summed E-state index contributed by atoms with van der Waals surface area (Å²) in [6.07, 6.45) is 0. The van der Waals surface area contributed by atoms with Crippen LogP contribution in [0, 0.1) is 6.92 Å². The molecule has 2 aromatic rings. The van der Waals surface area contributed by atoms with E-state index in [1.807, 2.05) is 0 Å². The van der Waals surface area contributed by atoms with Crippen LogP contribution in [0.25, 0.3) is 0 Å². The number of benzene rings is 1. The fourth-order valence-corrected chi connectivity index (χ4v) is 2.23. The van der Waals surface area contributed by atoms with Crippen molar-refractivity contribution in [1.29, 1.82) is 0 Å². The third-order valence-electron chi connectivity index (χ3n) is 2.02. The maximum atomic E-state index is 11.8. The number of carbonyl (C=O) groups excluding carboxylic acids is 1. The van der Waals surface area contributed by atoms with Gasteiger partial charge in [-0.15, -0.1) is 0 Å². The van der Waals surface area contributed by atoms with E-state index in [9.17, 15) is 9.59 Å². The molecule has 1 heterocycles. The second-order valence-electron chi connectivity index (χ2n) is 3.42. The van der Waals surface area contributed by atoms with E-state index in [2.05, 4.69) is 5.32 Å². The van der Waals surface area contributed by atoms with Crippen molar-refractivity contribution < 1.29 is 4.79 Å². The maximum Gasteiger partial charge on any atom is 0.342 e. The second-order valence-corrected chi connectivity index (χ2v) is 5.05. The van der Waals surface area contributed by atoms with Gasteiger partial charge in [-0.3, -0.25) is 4.79 Å². The fraction of sp³-hybridized carbons (Fsp3) is 0.0909. The number of amides is 1. The molecule has 6 heteroatoms. The highest BCUT2D eigenvalue weighted by Gasteiger charge is 2.10. The molecule has 0 unspecified atom stereocenters. The summed E-state index contributed by atoms with van der Waals surface area (Å²) in [5, 5.41) is 3.13. The quantitative estimate of drug-likeness (QED) is 0.864. The molecule has 0 radical (unpaired) electrons. The highest BCUT2D eigenvalue weighted by atomic mass is 35.5. The minimum absolute atomic E-state index is 0.327. The summed E-state index contributed by atoms with van der Waals surface area (Å²) < 4.78 is 1.07. The van der Waals surface area contributed by atoms with Crippen LogP contribution >= 0.6 is 23.1 Å². The van der Waals surface area contributed by atoms with Gasteiger partial charge in [0.1, 0.15) is 0 Å². The van der Waals surface area contributed by atoms with Gasteiger partial charge in [-0.1, -0.05) is 29.2 Å². The number of nitrogens with zero attached hydrogens (tertiary/aromatic N) is 1. The van der Waals surface area contributed by atoms with E-state index < -0.39 is 6.03 Å². The molecule has 4 nitrogen and oxygen atoms in total. The third-order valence-corrected chi connectivity index (χ3v) is 3.19. The van der Waals surface area contributed by atoms with Crippen molar-refractivity contribution in [1.82, 2.24) is 3.96 Å². The Morgan fingerprint density at radius 2 is 2.18 bits per heavy atom. The molecule has 0 aliphatic heterocycles. The van der Waals surface area contributed by atoms with Crippen LogP contribution in [-0.2, 0) is 0 Å². The van der Waals surface area contributed by atoms with Crippen LogP contribution in [0.5, 0.6) is 0 Å². The van der Waals surface area contributed by atoms with Crippen molar-refractivity contribution in [3.63, 3.8) is 0 Å². The lowest BCUT2D eigenvalue weighted by atomic mass is 10.3. The van der Waals surface area contributed by atoms with Gasteiger partial charge >= 0.3 is 6.03 Å². The minimum atomic E-state index is -0.477. The van der Waals surface area contributed by atoms with Gasteiger partial charge < -0.3 is 5.32 Å². The number of aryl methyl sites for hydroxylation is 1. The van der Waals surface area contributed by atoms with Gasteiger partial charge in [-0.05, 0) is 25.1 Å². The Kier molecular flexibility index (Phi) is 3.31. The molecule has 1 N–H and O–H groups in total. The Hall–Kier alpha value is -1.59. The Bertz CT molecular complexity index is 618. The molecule has 0 saturated heterocycles. The van der Waals surface area contributed by atoms with E-state index in [1.54, 1.807) is 31.2 Å². The highest BCUT2D eigenvalue weighted by Crippen LogP contribution is 2.15. The summed E-state index contributed by atoms with van der Waals surface area (Å²) in [6, 6.07) is 7.69. The van der Waals surface area contributed by atoms with E-state index in [0.717, 1.165) is 20.4 Å². The molecule has 0 aliphatic carbocycles. The average molecular weight is 269 g/mol. The number of rotatable bonds is 1. The molecule has 0 atom stereocenters. The van der Waals surface area contributed by atoms with Crippen LogP contribution in [0.4, 0.5) is 10.5 Å². The predicted molar refractivity (Wildman–Crippen MR) is 69.2 cm³/mol. The van der Waals surface area contributed by atoms with Crippen molar-refractivity contribution >= 4 is 34.9 Å². The summed E-state index contributed by atoms with van der Waals surface area (Å²) in [5.74, 6) is 0. The monoisotopic (exact) mass is 268 g/mol. The molecule has 1 aromatic carbocycles. The van der Waals surface area contributed by atoms with E-state index in [0.29, 0.717) is 10.7 Å². The van der Waals surface area contributed by atoms with Crippen molar-refractivity contribution in [3.8, 4) is 0 Å². The van der Waals surface area contributed by atoms with Gasteiger partial charge in [0.15, 0.2) is 0 Å². The average Bonchev–Trinajstić information content (AvgIpc) is 2.58. The minimum Gasteiger partial charge on any atom is -0.306 e. The largest absolute Gasteiger partial charge is 0.342 e. The molecule has 88 valence electrons. The zero-order valence-electron chi connectivity index (χ0n) is 8.94. The van der Waals surface area contributed by atoms with E-state index >= 15 is 0 Å². The SMILES string of the molecule is Cc1cc(=O)n(C(=O)Nc2cccc(Cl)c2)s1. The lowest BCUT2D eigenvalue weighted by Crippen LogP contribution is -2.25. The number of anilines is 1.